The van der Waals surface area contributed by atoms with E-state index in [0.29, 0.717) is 24.2 Å². The molecule has 0 aromatic rings. The van der Waals surface area contributed by atoms with Crippen molar-refractivity contribution in [2.75, 3.05) is 6.61 Å². The summed E-state index contributed by atoms with van der Waals surface area (Å²) in [6, 6.07) is 1.75. The molecule has 2 atom stereocenters. The van der Waals surface area contributed by atoms with Gasteiger partial charge in [0.1, 0.15) is 0 Å². The van der Waals surface area contributed by atoms with E-state index in [1.807, 2.05) is 0 Å². The first-order valence-electron chi connectivity index (χ1n) is 7.17. The molecule has 2 rings (SSSR count). The van der Waals surface area contributed by atoms with Crippen molar-refractivity contribution in [1.29, 1.82) is 0 Å². The molecule has 0 heterocycles. The van der Waals surface area contributed by atoms with Crippen LogP contribution >= 0.6 is 0 Å². The molecule has 0 spiro atoms. The molecule has 100 valence electrons. The fourth-order valence-corrected chi connectivity index (χ4v) is 3.22. The number of nitrogens with one attached hydrogen (secondary N) is 1. The van der Waals surface area contributed by atoms with Crippen LogP contribution in [-0.4, -0.2) is 30.8 Å². The van der Waals surface area contributed by atoms with E-state index in [4.69, 9.17) is 10.5 Å². The lowest BCUT2D eigenvalue weighted by molar-refractivity contribution is -0.117. The van der Waals surface area contributed by atoms with Crippen molar-refractivity contribution >= 4 is 0 Å². The number of hydrogen-bond acceptors (Lipinski definition) is 3. The molecule has 3 nitrogen and oxygen atoms in total. The quantitative estimate of drug-likeness (QED) is 0.790. The van der Waals surface area contributed by atoms with Crippen LogP contribution < -0.4 is 11.1 Å². The highest BCUT2D eigenvalue weighted by molar-refractivity contribution is 5.04. The lowest BCUT2D eigenvalue weighted by atomic mass is 9.64. The van der Waals surface area contributed by atoms with Crippen molar-refractivity contribution in [3.63, 3.8) is 0 Å². The zero-order valence-electron chi connectivity index (χ0n) is 11.5. The third-order valence-electron chi connectivity index (χ3n) is 4.75. The van der Waals surface area contributed by atoms with Crippen molar-refractivity contribution in [1.82, 2.24) is 5.32 Å². The van der Waals surface area contributed by atoms with Gasteiger partial charge in [-0.2, -0.15) is 0 Å². The molecule has 0 saturated heterocycles. The Hall–Kier alpha value is -0.120. The molecular weight excluding hydrogens is 212 g/mol. The molecule has 17 heavy (non-hydrogen) atoms. The van der Waals surface area contributed by atoms with Gasteiger partial charge in [-0.25, -0.2) is 0 Å². The summed E-state index contributed by atoms with van der Waals surface area (Å²) in [5, 5.41) is 3.82. The second kappa shape index (κ2) is 5.25. The number of rotatable bonds is 4. The van der Waals surface area contributed by atoms with Crippen LogP contribution in [0.15, 0.2) is 0 Å². The zero-order chi connectivity index (χ0) is 12.5. The van der Waals surface area contributed by atoms with Crippen molar-refractivity contribution in [3.8, 4) is 0 Å². The topological polar surface area (TPSA) is 47.3 Å². The van der Waals surface area contributed by atoms with E-state index in [-0.39, 0.29) is 5.41 Å². The lowest BCUT2D eigenvalue weighted by Crippen LogP contribution is -2.63. The van der Waals surface area contributed by atoms with Crippen molar-refractivity contribution < 1.29 is 4.74 Å². The van der Waals surface area contributed by atoms with Gasteiger partial charge < -0.3 is 15.8 Å². The molecule has 0 aromatic carbocycles. The minimum atomic E-state index is 0.287. The first-order valence-corrected chi connectivity index (χ1v) is 7.17. The summed E-state index contributed by atoms with van der Waals surface area (Å²) < 4.78 is 5.77. The Kier molecular flexibility index (Phi) is 4.11. The maximum atomic E-state index is 5.94. The number of hydrogen-bond donors (Lipinski definition) is 2. The van der Waals surface area contributed by atoms with Gasteiger partial charge in [0.15, 0.2) is 0 Å². The van der Waals surface area contributed by atoms with Crippen molar-refractivity contribution in [2.45, 2.75) is 77.1 Å². The average Bonchev–Trinajstić information content (AvgIpc) is 2.30. The molecule has 0 radical (unpaired) electrons. The molecule has 2 unspecified atom stereocenters. The monoisotopic (exact) mass is 240 g/mol. The van der Waals surface area contributed by atoms with Gasteiger partial charge in [0, 0.05) is 30.1 Å². The van der Waals surface area contributed by atoms with Gasteiger partial charge >= 0.3 is 0 Å². The van der Waals surface area contributed by atoms with Crippen LogP contribution in [0.4, 0.5) is 0 Å². The second-order valence-corrected chi connectivity index (χ2v) is 6.33. The smallest absolute Gasteiger partial charge is 0.0655 e. The molecule has 3 N–H and O–H groups in total. The highest BCUT2D eigenvalue weighted by Crippen LogP contribution is 2.43. The average molecular weight is 240 g/mol. The van der Waals surface area contributed by atoms with Crippen LogP contribution in [-0.2, 0) is 4.74 Å². The van der Waals surface area contributed by atoms with E-state index in [9.17, 15) is 0 Å². The van der Waals surface area contributed by atoms with Crippen LogP contribution in [0, 0.1) is 5.41 Å². The first-order chi connectivity index (χ1) is 8.04. The first kappa shape index (κ1) is 13.3. The third kappa shape index (κ3) is 2.83. The Morgan fingerprint density at radius 1 is 1.24 bits per heavy atom. The van der Waals surface area contributed by atoms with Gasteiger partial charge in [0.25, 0.3) is 0 Å². The molecule has 0 amide bonds. The van der Waals surface area contributed by atoms with E-state index in [1.165, 1.54) is 32.1 Å². The SMILES string of the molecule is CCOC1CC(NC2CCC(N)CC2)C1(C)C. The Labute approximate surface area is 105 Å². The molecule has 3 heteroatoms. The van der Waals surface area contributed by atoms with Crippen molar-refractivity contribution in [2.24, 2.45) is 11.1 Å². The highest BCUT2D eigenvalue weighted by atomic mass is 16.5. The summed E-state index contributed by atoms with van der Waals surface area (Å²) in [5.74, 6) is 0. The second-order valence-electron chi connectivity index (χ2n) is 6.33. The lowest BCUT2D eigenvalue weighted by Gasteiger charge is -2.53. The minimum absolute atomic E-state index is 0.287. The molecule has 0 bridgehead atoms. The van der Waals surface area contributed by atoms with Crippen LogP contribution in [0.25, 0.3) is 0 Å². The fourth-order valence-electron chi connectivity index (χ4n) is 3.22. The van der Waals surface area contributed by atoms with Gasteiger partial charge in [-0.05, 0) is 39.0 Å². The fraction of sp³-hybridized carbons (Fsp3) is 1.00. The van der Waals surface area contributed by atoms with Gasteiger partial charge in [-0.15, -0.1) is 0 Å². The predicted molar refractivity (Wildman–Crippen MR) is 71.0 cm³/mol. The molecule has 2 aliphatic carbocycles. The Balaban J connectivity index is 1.77. The minimum Gasteiger partial charge on any atom is -0.378 e. The van der Waals surface area contributed by atoms with E-state index < -0.39 is 0 Å². The summed E-state index contributed by atoms with van der Waals surface area (Å²) in [6.45, 7) is 7.56. The van der Waals surface area contributed by atoms with Gasteiger partial charge in [0.2, 0.25) is 0 Å². The Morgan fingerprint density at radius 2 is 1.88 bits per heavy atom. The van der Waals surface area contributed by atoms with Crippen molar-refractivity contribution in [3.05, 3.63) is 0 Å². The van der Waals surface area contributed by atoms with Crippen LogP contribution in [0.1, 0.15) is 52.9 Å². The molecule has 2 fully saturated rings. The van der Waals surface area contributed by atoms with Gasteiger partial charge in [0.05, 0.1) is 6.10 Å². The van der Waals surface area contributed by atoms with E-state index in [2.05, 4.69) is 26.1 Å². The van der Waals surface area contributed by atoms with E-state index in [0.717, 1.165) is 6.61 Å². The van der Waals surface area contributed by atoms with Crippen LogP contribution in [0.5, 0.6) is 0 Å². The molecular formula is C14H28N2O. The molecule has 0 aliphatic heterocycles. The summed E-state index contributed by atoms with van der Waals surface area (Å²) >= 11 is 0. The standard InChI is InChI=1S/C14H28N2O/c1-4-17-13-9-12(14(13,2)3)16-11-7-5-10(15)6-8-11/h10-13,16H,4-9,15H2,1-3H3. The summed E-state index contributed by atoms with van der Waals surface area (Å²) in [6.07, 6.45) is 6.46. The van der Waals surface area contributed by atoms with E-state index >= 15 is 0 Å². The molecule has 0 aromatic heterocycles. The van der Waals surface area contributed by atoms with Gasteiger partial charge in [-0.1, -0.05) is 13.8 Å². The number of ether oxygens (including phenoxy) is 1. The summed E-state index contributed by atoms with van der Waals surface area (Å²) in [7, 11) is 0. The molecule has 2 saturated carbocycles. The van der Waals surface area contributed by atoms with E-state index in [1.54, 1.807) is 0 Å². The van der Waals surface area contributed by atoms with Gasteiger partial charge in [-0.3, -0.25) is 0 Å². The Bertz CT molecular complexity index is 247. The third-order valence-corrected chi connectivity index (χ3v) is 4.75. The maximum absolute atomic E-state index is 5.94. The van der Waals surface area contributed by atoms with Crippen LogP contribution in [0.3, 0.4) is 0 Å². The molecule has 2 aliphatic rings. The Morgan fingerprint density at radius 3 is 2.41 bits per heavy atom. The normalized spacial score (nSPS) is 40.9. The highest BCUT2D eigenvalue weighted by Gasteiger charge is 2.49. The number of nitrogens with two attached hydrogens (primary N) is 1. The van der Waals surface area contributed by atoms with Crippen LogP contribution in [0.2, 0.25) is 0 Å². The zero-order valence-corrected chi connectivity index (χ0v) is 11.5. The predicted octanol–water partition coefficient (Wildman–Crippen LogP) is 2.05. The maximum Gasteiger partial charge on any atom is 0.0655 e. The largest absolute Gasteiger partial charge is 0.378 e. The summed E-state index contributed by atoms with van der Waals surface area (Å²) in [4.78, 5) is 0. The summed E-state index contributed by atoms with van der Waals surface area (Å²) in [5.41, 5.74) is 6.23.